The topological polar surface area (TPSA) is 118 Å². The van der Waals surface area contributed by atoms with Gasteiger partial charge in [-0.05, 0) is 75.9 Å². The summed E-state index contributed by atoms with van der Waals surface area (Å²) in [6.07, 6.45) is 0. The molecule has 9 nitrogen and oxygen atoms in total. The number of carbonyl (C=O) groups is 1. The smallest absolute Gasteiger partial charge is 0.253 e. The summed E-state index contributed by atoms with van der Waals surface area (Å²) >= 11 is 0. The number of hydrogen-bond acceptors (Lipinski definition) is 7. The first kappa shape index (κ1) is 31.2. The molecule has 1 amide bonds. The van der Waals surface area contributed by atoms with Crippen LogP contribution in [0.2, 0.25) is 0 Å². The number of nitrogens with one attached hydrogen (secondary N) is 2. The SMILES string of the molecule is COc1cc2c(cc1/C(C(C)=N)=C(\C)O)[nH]c1nc(C)nc(-c3cc(C(=O)N4CCN(C(C)C)CC4)cc(C(C)(C)C)c3)c12. The van der Waals surface area contributed by atoms with Crippen molar-refractivity contribution < 1.29 is 14.6 Å². The van der Waals surface area contributed by atoms with Crippen molar-refractivity contribution in [3.63, 3.8) is 0 Å². The molecule has 0 aliphatic carbocycles. The molecule has 0 atom stereocenters. The van der Waals surface area contributed by atoms with E-state index in [1.165, 1.54) is 0 Å². The van der Waals surface area contributed by atoms with Crippen molar-refractivity contribution in [2.75, 3.05) is 33.3 Å². The molecule has 4 aromatic rings. The third-order valence-electron chi connectivity index (χ3n) is 8.54. The van der Waals surface area contributed by atoms with Crippen LogP contribution in [0.5, 0.6) is 5.75 Å². The highest BCUT2D eigenvalue weighted by atomic mass is 16.5. The molecule has 0 saturated carbocycles. The van der Waals surface area contributed by atoms with Crippen LogP contribution < -0.4 is 4.74 Å². The molecule has 2 aromatic heterocycles. The summed E-state index contributed by atoms with van der Waals surface area (Å²) in [6, 6.07) is 10.4. The Bertz CT molecular complexity index is 1800. The van der Waals surface area contributed by atoms with Crippen LogP contribution >= 0.6 is 0 Å². The lowest BCUT2D eigenvalue weighted by molar-refractivity contribution is 0.0595. The summed E-state index contributed by atoms with van der Waals surface area (Å²) in [4.78, 5) is 31.4. The van der Waals surface area contributed by atoms with Gasteiger partial charge in [-0.2, -0.15) is 0 Å². The largest absolute Gasteiger partial charge is 0.512 e. The van der Waals surface area contributed by atoms with Crippen LogP contribution in [0.25, 0.3) is 38.8 Å². The van der Waals surface area contributed by atoms with Crippen molar-refractivity contribution in [3.05, 3.63) is 58.6 Å². The first-order valence-electron chi connectivity index (χ1n) is 15.2. The molecule has 5 rings (SSSR count). The average molecular weight is 597 g/mol. The van der Waals surface area contributed by atoms with Gasteiger partial charge in [-0.3, -0.25) is 9.69 Å². The fourth-order valence-corrected chi connectivity index (χ4v) is 6.12. The fraction of sp³-hybridized carbons (Fsp3) is 0.429. The van der Waals surface area contributed by atoms with E-state index in [2.05, 4.69) is 50.6 Å². The second kappa shape index (κ2) is 11.7. The van der Waals surface area contributed by atoms with Gasteiger partial charge in [0.05, 0.1) is 23.9 Å². The zero-order valence-electron chi connectivity index (χ0n) is 27.3. The minimum atomic E-state index is -0.198. The van der Waals surface area contributed by atoms with E-state index < -0.39 is 0 Å². The number of carbonyl (C=O) groups excluding carboxylic acids is 1. The minimum absolute atomic E-state index is 0.0359. The van der Waals surface area contributed by atoms with Crippen LogP contribution in [0.1, 0.15) is 75.8 Å². The highest BCUT2D eigenvalue weighted by molar-refractivity contribution is 6.23. The average Bonchev–Trinajstić information content (AvgIpc) is 3.31. The number of allylic oxidation sites excluding steroid dienone is 2. The Morgan fingerprint density at radius 1 is 1.05 bits per heavy atom. The molecule has 44 heavy (non-hydrogen) atoms. The number of aliphatic hydroxyl groups excluding tert-OH is 1. The van der Waals surface area contributed by atoms with E-state index in [-0.39, 0.29) is 22.8 Å². The summed E-state index contributed by atoms with van der Waals surface area (Å²) in [5, 5.41) is 20.4. The van der Waals surface area contributed by atoms with Gasteiger partial charge < -0.3 is 25.1 Å². The number of amides is 1. The van der Waals surface area contributed by atoms with Crippen LogP contribution in [0.4, 0.5) is 0 Å². The van der Waals surface area contributed by atoms with E-state index in [9.17, 15) is 9.90 Å². The molecule has 3 N–H and O–H groups in total. The fourth-order valence-electron chi connectivity index (χ4n) is 6.12. The molecule has 0 spiro atoms. The van der Waals surface area contributed by atoms with E-state index in [1.807, 2.05) is 36.1 Å². The maximum atomic E-state index is 13.9. The Kier molecular flexibility index (Phi) is 8.29. The molecular weight excluding hydrogens is 552 g/mol. The predicted molar refractivity (Wildman–Crippen MR) is 178 cm³/mol. The monoisotopic (exact) mass is 596 g/mol. The van der Waals surface area contributed by atoms with E-state index in [0.717, 1.165) is 46.2 Å². The second-order valence-corrected chi connectivity index (χ2v) is 13.1. The lowest BCUT2D eigenvalue weighted by Crippen LogP contribution is -2.50. The predicted octanol–water partition coefficient (Wildman–Crippen LogP) is 6.89. The molecule has 0 unspecified atom stereocenters. The summed E-state index contributed by atoms with van der Waals surface area (Å²) in [5.41, 5.74) is 5.81. The summed E-state index contributed by atoms with van der Waals surface area (Å²) in [5.74, 6) is 1.21. The molecule has 0 radical (unpaired) electrons. The Balaban J connectivity index is 1.71. The maximum Gasteiger partial charge on any atom is 0.253 e. The number of benzene rings is 2. The number of nitrogens with zero attached hydrogens (tertiary/aromatic N) is 4. The van der Waals surface area contributed by atoms with Crippen molar-refractivity contribution in [2.24, 2.45) is 0 Å². The zero-order valence-corrected chi connectivity index (χ0v) is 27.3. The van der Waals surface area contributed by atoms with Crippen molar-refractivity contribution in [2.45, 2.75) is 66.8 Å². The van der Waals surface area contributed by atoms with E-state index in [1.54, 1.807) is 21.0 Å². The number of aromatic nitrogens is 3. The lowest BCUT2D eigenvalue weighted by atomic mass is 9.84. The summed E-state index contributed by atoms with van der Waals surface area (Å²) in [6.45, 7) is 19.1. The number of aromatic amines is 1. The summed E-state index contributed by atoms with van der Waals surface area (Å²) < 4.78 is 5.78. The Morgan fingerprint density at radius 3 is 2.30 bits per heavy atom. The Labute approximate surface area is 259 Å². The van der Waals surface area contributed by atoms with E-state index >= 15 is 0 Å². The van der Waals surface area contributed by atoms with Gasteiger partial charge in [-0.15, -0.1) is 0 Å². The first-order chi connectivity index (χ1) is 20.7. The Hall–Kier alpha value is -4.24. The standard InChI is InChI=1S/C35H44N6O3/c1-19(2)40-10-12-41(13-11-40)34(43)24-14-23(15-25(16-24)35(6,7)8)32-31-26-18-29(44-9)27(30(20(3)36)21(4)42)17-28(26)39-33(31)38-22(5)37-32/h14-19,36,42H,10-13H2,1-9H3,(H,37,38,39)/b30-21+,36-20?. The molecular formula is C35H44N6O3. The van der Waals surface area contributed by atoms with Gasteiger partial charge >= 0.3 is 0 Å². The van der Waals surface area contributed by atoms with E-state index in [4.69, 9.17) is 20.1 Å². The van der Waals surface area contributed by atoms with Gasteiger partial charge in [0.25, 0.3) is 5.91 Å². The molecule has 1 fully saturated rings. The third-order valence-corrected chi connectivity index (χ3v) is 8.54. The Morgan fingerprint density at radius 2 is 1.73 bits per heavy atom. The number of ether oxygens (including phenoxy) is 1. The highest BCUT2D eigenvalue weighted by Crippen LogP contribution is 2.40. The lowest BCUT2D eigenvalue weighted by Gasteiger charge is -2.37. The van der Waals surface area contributed by atoms with Crippen LogP contribution in [0.3, 0.4) is 0 Å². The number of piperazine rings is 1. The maximum absolute atomic E-state index is 13.9. The highest BCUT2D eigenvalue weighted by Gasteiger charge is 2.27. The molecule has 2 aromatic carbocycles. The van der Waals surface area contributed by atoms with Crippen molar-refractivity contribution in [3.8, 4) is 17.0 Å². The number of H-pyrrole nitrogens is 1. The first-order valence-corrected chi connectivity index (χ1v) is 15.2. The van der Waals surface area contributed by atoms with Gasteiger partial charge in [-0.25, -0.2) is 9.97 Å². The number of aryl methyl sites for hydroxylation is 1. The molecule has 0 bridgehead atoms. The van der Waals surface area contributed by atoms with Gasteiger partial charge in [-0.1, -0.05) is 20.8 Å². The van der Waals surface area contributed by atoms with E-state index in [0.29, 0.717) is 53.1 Å². The summed E-state index contributed by atoms with van der Waals surface area (Å²) in [7, 11) is 1.58. The van der Waals surface area contributed by atoms with Crippen molar-refractivity contribution in [1.29, 1.82) is 5.41 Å². The zero-order chi connectivity index (χ0) is 32.1. The molecule has 9 heteroatoms. The number of rotatable bonds is 6. The van der Waals surface area contributed by atoms with Crippen LogP contribution in [0, 0.1) is 12.3 Å². The van der Waals surface area contributed by atoms with Crippen LogP contribution in [0.15, 0.2) is 36.1 Å². The second-order valence-electron chi connectivity index (χ2n) is 13.1. The van der Waals surface area contributed by atoms with Gasteiger partial charge in [0, 0.05) is 71.1 Å². The molecule has 1 aliphatic heterocycles. The minimum Gasteiger partial charge on any atom is -0.512 e. The molecule has 1 aliphatic rings. The normalized spacial score (nSPS) is 15.3. The van der Waals surface area contributed by atoms with Gasteiger partial charge in [0.15, 0.2) is 0 Å². The molecule has 1 saturated heterocycles. The number of hydrogen-bond donors (Lipinski definition) is 3. The third kappa shape index (κ3) is 5.80. The number of aliphatic hydroxyl groups is 1. The quantitative estimate of drug-likeness (QED) is 0.165. The van der Waals surface area contributed by atoms with Crippen LogP contribution in [-0.4, -0.2) is 80.8 Å². The van der Waals surface area contributed by atoms with Gasteiger partial charge in [0.2, 0.25) is 0 Å². The van der Waals surface area contributed by atoms with Crippen LogP contribution in [-0.2, 0) is 5.41 Å². The number of methoxy groups -OCH3 is 1. The van der Waals surface area contributed by atoms with Crippen molar-refractivity contribution >= 4 is 39.1 Å². The molecule has 3 heterocycles. The number of fused-ring (bicyclic) bond motifs is 3. The molecule has 232 valence electrons. The van der Waals surface area contributed by atoms with Gasteiger partial charge in [0.1, 0.15) is 17.2 Å². The van der Waals surface area contributed by atoms with Crippen molar-refractivity contribution in [1.82, 2.24) is 24.8 Å².